The Morgan fingerprint density at radius 1 is 0.306 bits per heavy atom. The van der Waals surface area contributed by atoms with Crippen molar-refractivity contribution >= 4 is 11.9 Å². The second-order valence-electron chi connectivity index (χ2n) is 19.4. The zero-order valence-electron chi connectivity index (χ0n) is 42.9. The largest absolute Gasteiger partial charge is 0.481 e. The highest BCUT2D eigenvalue weighted by Crippen LogP contribution is 2.17. The number of unbranched alkanes of at least 4 members (excludes halogenated alkanes) is 44. The van der Waals surface area contributed by atoms with Gasteiger partial charge < -0.3 is 9.84 Å². The summed E-state index contributed by atoms with van der Waals surface area (Å²) in [6.45, 7) is 7.47. The summed E-state index contributed by atoms with van der Waals surface area (Å²) in [5, 5.41) is 8.56. The molecule has 1 N–H and O–H groups in total. The third-order valence-corrected chi connectivity index (χ3v) is 12.9. The number of carbonyl (C=O) groups excluding carboxylic acids is 1. The molecule has 0 aromatic carbocycles. The number of ether oxygens (including phenoxy) is 1. The summed E-state index contributed by atoms with van der Waals surface area (Å²) in [5.74, 6) is -0.630. The molecule has 0 aromatic heterocycles. The van der Waals surface area contributed by atoms with Crippen LogP contribution < -0.4 is 0 Å². The summed E-state index contributed by atoms with van der Waals surface area (Å²) < 4.78 is 5.43. The molecule has 0 saturated carbocycles. The average molecular weight is 876 g/mol. The molecule has 0 rings (SSSR count). The van der Waals surface area contributed by atoms with Gasteiger partial charge in [-0.15, -0.1) is 0 Å². The van der Waals surface area contributed by atoms with Crippen molar-refractivity contribution in [2.45, 2.75) is 342 Å². The molecule has 0 atom stereocenters. The normalized spacial score (nSPS) is 11.3. The Hall–Kier alpha value is -1.32. The number of rotatable bonds is 52. The Morgan fingerprint density at radius 2 is 0.532 bits per heavy atom. The Labute approximate surface area is 390 Å². The van der Waals surface area contributed by atoms with Crippen LogP contribution in [-0.4, -0.2) is 23.7 Å². The van der Waals surface area contributed by atoms with Crippen LogP contribution in [0.25, 0.3) is 0 Å². The van der Waals surface area contributed by atoms with Gasteiger partial charge in [-0.05, 0) is 44.9 Å². The number of aliphatic carboxylic acids is 1. The van der Waals surface area contributed by atoms with Crippen LogP contribution in [-0.2, 0) is 14.3 Å². The summed E-state index contributed by atoms with van der Waals surface area (Å²) in [6, 6.07) is 0. The third kappa shape index (κ3) is 63.0. The van der Waals surface area contributed by atoms with E-state index in [0.29, 0.717) is 19.4 Å². The monoisotopic (exact) mass is 875 g/mol. The van der Waals surface area contributed by atoms with Gasteiger partial charge >= 0.3 is 11.9 Å². The maximum absolute atomic E-state index is 11.9. The topological polar surface area (TPSA) is 63.6 Å². The van der Waals surface area contributed by atoms with Crippen molar-refractivity contribution in [3.63, 3.8) is 0 Å². The minimum Gasteiger partial charge on any atom is -0.481 e. The summed E-state index contributed by atoms with van der Waals surface area (Å²) in [6.07, 6.45) is 70.2. The van der Waals surface area contributed by atoms with E-state index in [1.165, 1.54) is 283 Å². The minimum atomic E-state index is -0.651. The van der Waals surface area contributed by atoms with E-state index in [1.807, 2.05) is 0 Å². The van der Waals surface area contributed by atoms with Gasteiger partial charge in [0.2, 0.25) is 0 Å². The van der Waals surface area contributed by atoms with Gasteiger partial charge in [0.25, 0.3) is 0 Å². The van der Waals surface area contributed by atoms with Crippen molar-refractivity contribution in [3.8, 4) is 0 Å². The first-order valence-corrected chi connectivity index (χ1v) is 28.6. The second-order valence-corrected chi connectivity index (χ2v) is 19.4. The molecule has 0 aliphatic heterocycles. The number of esters is 1. The van der Waals surface area contributed by atoms with Crippen molar-refractivity contribution in [2.75, 3.05) is 6.61 Å². The summed E-state index contributed by atoms with van der Waals surface area (Å²) >= 11 is 0. The summed E-state index contributed by atoms with van der Waals surface area (Å²) in [7, 11) is 0. The lowest BCUT2D eigenvalue weighted by Gasteiger charge is -2.05. The zero-order chi connectivity index (χ0) is 45.3. The van der Waals surface area contributed by atoms with Crippen LogP contribution in [0.4, 0.5) is 0 Å². The lowest BCUT2D eigenvalue weighted by Crippen LogP contribution is -2.05. The fourth-order valence-corrected chi connectivity index (χ4v) is 8.60. The molecule has 0 saturated heterocycles. The number of carboxylic acid groups (broad SMARTS) is 1. The van der Waals surface area contributed by atoms with E-state index in [9.17, 15) is 9.59 Å². The molecular formula is C58H114O4. The molecule has 4 nitrogen and oxygen atoms in total. The van der Waals surface area contributed by atoms with Crippen LogP contribution >= 0.6 is 0 Å². The van der Waals surface area contributed by atoms with E-state index in [1.54, 1.807) is 0 Å². The molecule has 4 heteroatoms. The van der Waals surface area contributed by atoms with E-state index >= 15 is 0 Å². The van der Waals surface area contributed by atoms with Gasteiger partial charge in [-0.2, -0.15) is 0 Å². The van der Waals surface area contributed by atoms with Gasteiger partial charge in [0.15, 0.2) is 0 Å². The highest BCUT2D eigenvalue weighted by atomic mass is 16.5. The van der Waals surface area contributed by atoms with Crippen molar-refractivity contribution in [2.24, 2.45) is 0 Å². The predicted octanol–water partition coefficient (Wildman–Crippen LogP) is 20.7. The first-order chi connectivity index (χ1) is 30.6. The average Bonchev–Trinajstić information content (AvgIpc) is 3.27. The molecule has 0 aliphatic carbocycles. The van der Waals surface area contributed by atoms with Crippen LogP contribution in [0.2, 0.25) is 0 Å². The highest BCUT2D eigenvalue weighted by Gasteiger charge is 2.03. The Morgan fingerprint density at radius 3 is 0.806 bits per heavy atom. The summed E-state index contributed by atoms with van der Waals surface area (Å²) in [4.78, 5) is 22.3. The molecule has 0 fully saturated rings. The van der Waals surface area contributed by atoms with E-state index in [-0.39, 0.29) is 5.97 Å². The molecule has 0 spiro atoms. The molecule has 0 unspecified atom stereocenters. The van der Waals surface area contributed by atoms with Crippen LogP contribution in [0.15, 0.2) is 12.2 Å². The Balaban J connectivity index is 0. The molecule has 0 aliphatic rings. The lowest BCUT2D eigenvalue weighted by atomic mass is 10.0. The standard InChI is InChI=1S/C36H70O2.C22H44O2/c1-3-5-7-9-11-13-15-17-19-21-23-25-27-29-31-33-35-38-36(37)34-32-30-28-26-24-22-20-18-16-14-12-10-8-6-4-2;1-2-3-4-5-6-7-8-9-10-11-12-13-14-15-16-17-18-19-20-21-22(23)24/h17,19H,3-16,18,20-35H2,1-2H3;2-21H2,1H3,(H,23,24)/b19-17-;. The van der Waals surface area contributed by atoms with Crippen molar-refractivity contribution in [1.29, 1.82) is 0 Å². The quantitative estimate of drug-likeness (QED) is 0.0376. The summed E-state index contributed by atoms with van der Waals surface area (Å²) in [5.41, 5.74) is 0. The van der Waals surface area contributed by atoms with Gasteiger partial charge in [0.05, 0.1) is 6.61 Å². The fourth-order valence-electron chi connectivity index (χ4n) is 8.60. The van der Waals surface area contributed by atoms with Crippen LogP contribution in [0.1, 0.15) is 342 Å². The van der Waals surface area contributed by atoms with Crippen molar-refractivity contribution < 1.29 is 19.4 Å². The molecule has 0 bridgehead atoms. The van der Waals surface area contributed by atoms with Gasteiger partial charge in [0.1, 0.15) is 0 Å². The SMILES string of the molecule is CCCCCCCC/C=C\CCCCCCCCOC(=O)CCCCCCCCCCCCCCCCC.CCCCCCCCCCCCCCCCCCCCCC(=O)O. The minimum absolute atomic E-state index is 0.0208. The molecule has 0 amide bonds. The van der Waals surface area contributed by atoms with E-state index in [2.05, 4.69) is 32.9 Å². The van der Waals surface area contributed by atoms with Crippen LogP contribution in [0, 0.1) is 0 Å². The van der Waals surface area contributed by atoms with Gasteiger partial charge in [-0.1, -0.05) is 296 Å². The van der Waals surface area contributed by atoms with Gasteiger partial charge in [-0.3, -0.25) is 9.59 Å². The number of carbonyl (C=O) groups is 2. The first-order valence-electron chi connectivity index (χ1n) is 28.6. The Kier molecular flexibility index (Phi) is 60.4. The molecule has 62 heavy (non-hydrogen) atoms. The van der Waals surface area contributed by atoms with Crippen LogP contribution in [0.3, 0.4) is 0 Å². The molecule has 0 aromatic rings. The lowest BCUT2D eigenvalue weighted by molar-refractivity contribution is -0.144. The fraction of sp³-hybridized carbons (Fsp3) is 0.931. The molecular weight excluding hydrogens is 761 g/mol. The predicted molar refractivity (Wildman–Crippen MR) is 276 cm³/mol. The van der Waals surface area contributed by atoms with Crippen molar-refractivity contribution in [1.82, 2.24) is 0 Å². The number of hydrogen-bond acceptors (Lipinski definition) is 3. The first kappa shape index (κ1) is 62.8. The van der Waals surface area contributed by atoms with Crippen molar-refractivity contribution in [3.05, 3.63) is 12.2 Å². The number of allylic oxidation sites excluding steroid dienone is 2. The number of carboxylic acids is 1. The van der Waals surface area contributed by atoms with Gasteiger partial charge in [-0.25, -0.2) is 0 Å². The molecule has 0 radical (unpaired) electrons. The molecule has 0 heterocycles. The maximum Gasteiger partial charge on any atom is 0.305 e. The smallest absolute Gasteiger partial charge is 0.305 e. The third-order valence-electron chi connectivity index (χ3n) is 12.9. The second kappa shape index (κ2) is 59.7. The maximum atomic E-state index is 11.9. The molecule has 370 valence electrons. The van der Waals surface area contributed by atoms with Crippen LogP contribution in [0.5, 0.6) is 0 Å². The van der Waals surface area contributed by atoms with E-state index in [0.717, 1.165) is 25.7 Å². The number of hydrogen-bond donors (Lipinski definition) is 1. The van der Waals surface area contributed by atoms with E-state index in [4.69, 9.17) is 9.84 Å². The highest BCUT2D eigenvalue weighted by molar-refractivity contribution is 5.69. The Bertz CT molecular complexity index is 852. The van der Waals surface area contributed by atoms with Gasteiger partial charge in [0, 0.05) is 12.8 Å². The zero-order valence-corrected chi connectivity index (χ0v) is 42.9. The van der Waals surface area contributed by atoms with E-state index < -0.39 is 5.97 Å².